The number of aliphatic hydroxyl groups excluding tert-OH is 1. The van der Waals surface area contributed by atoms with E-state index in [1.165, 1.54) is 6.07 Å². The average molecular weight is 286 g/mol. The number of rotatable bonds is 3. The highest BCUT2D eigenvalue weighted by Gasteiger charge is 2.20. The van der Waals surface area contributed by atoms with E-state index in [2.05, 4.69) is 0 Å². The second-order valence-corrected chi connectivity index (χ2v) is 4.95. The van der Waals surface area contributed by atoms with Gasteiger partial charge in [0, 0.05) is 10.9 Å². The number of fused-ring (bicyclic) bond motifs is 1. The number of halogens is 1. The lowest BCUT2D eigenvalue weighted by Gasteiger charge is -2.13. The zero-order chi connectivity index (χ0) is 15.0. The molecule has 0 aliphatic rings. The first-order valence-corrected chi connectivity index (χ1v) is 6.60. The van der Waals surface area contributed by atoms with Crippen molar-refractivity contribution in [2.24, 2.45) is 0 Å². The molecule has 108 valence electrons. The summed E-state index contributed by atoms with van der Waals surface area (Å²) in [4.78, 5) is 0. The fraction of sp³-hybridized carbons (Fsp3) is 0.176. The summed E-state index contributed by atoms with van der Waals surface area (Å²) in [5.74, 6) is 0.419. The van der Waals surface area contributed by atoms with E-state index in [1.54, 1.807) is 31.4 Å². The van der Waals surface area contributed by atoms with E-state index in [9.17, 15) is 9.50 Å². The zero-order valence-corrected chi connectivity index (χ0v) is 11.8. The summed E-state index contributed by atoms with van der Waals surface area (Å²) in [6.45, 7) is 1.94. The van der Waals surface area contributed by atoms with Crippen molar-refractivity contribution in [3.05, 3.63) is 65.2 Å². The summed E-state index contributed by atoms with van der Waals surface area (Å²) in [6, 6.07) is 11.8. The van der Waals surface area contributed by atoms with Crippen LogP contribution in [0, 0.1) is 12.7 Å². The van der Waals surface area contributed by atoms with E-state index in [0.717, 1.165) is 5.56 Å². The van der Waals surface area contributed by atoms with Crippen LogP contribution in [0.1, 0.15) is 23.0 Å². The Kier molecular flexibility index (Phi) is 3.39. The largest absolute Gasteiger partial charge is 0.496 e. The predicted octanol–water partition coefficient (Wildman–Crippen LogP) is 3.97. The molecule has 2 aromatic carbocycles. The maximum absolute atomic E-state index is 13.7. The molecule has 1 atom stereocenters. The van der Waals surface area contributed by atoms with E-state index in [1.807, 2.05) is 19.1 Å². The molecule has 3 aromatic rings. The molecule has 0 bridgehead atoms. The van der Waals surface area contributed by atoms with Crippen molar-refractivity contribution >= 4 is 11.0 Å². The fourth-order valence-corrected chi connectivity index (χ4v) is 2.38. The number of hydrogen-bond donors (Lipinski definition) is 1. The first-order valence-electron chi connectivity index (χ1n) is 6.60. The van der Waals surface area contributed by atoms with Crippen molar-refractivity contribution in [2.45, 2.75) is 13.0 Å². The van der Waals surface area contributed by atoms with Crippen LogP contribution in [-0.2, 0) is 0 Å². The second-order valence-electron chi connectivity index (χ2n) is 4.95. The second kappa shape index (κ2) is 5.22. The number of para-hydroxylation sites is 1. The summed E-state index contributed by atoms with van der Waals surface area (Å²) in [5, 5.41) is 11.1. The van der Waals surface area contributed by atoms with Gasteiger partial charge in [-0.2, -0.15) is 0 Å². The standard InChI is InChI=1S/C17H15FO3/c1-10-6-7-12(14(8-10)20-2)16(19)15-9-11-4-3-5-13(18)17(11)21-15/h3-9,16,19H,1-2H3. The van der Waals surface area contributed by atoms with Crippen molar-refractivity contribution in [3.8, 4) is 5.75 Å². The minimum Gasteiger partial charge on any atom is -0.496 e. The van der Waals surface area contributed by atoms with Crippen molar-refractivity contribution in [2.75, 3.05) is 7.11 Å². The molecule has 0 aliphatic heterocycles. The van der Waals surface area contributed by atoms with Crippen LogP contribution in [0.15, 0.2) is 46.9 Å². The molecular formula is C17H15FO3. The highest BCUT2D eigenvalue weighted by Crippen LogP contribution is 2.34. The number of ether oxygens (including phenoxy) is 1. The van der Waals surface area contributed by atoms with Gasteiger partial charge in [-0.1, -0.05) is 24.3 Å². The van der Waals surface area contributed by atoms with Gasteiger partial charge in [0.05, 0.1) is 7.11 Å². The molecule has 0 saturated carbocycles. The molecule has 0 spiro atoms. The van der Waals surface area contributed by atoms with Crippen molar-refractivity contribution in [1.82, 2.24) is 0 Å². The van der Waals surface area contributed by atoms with Crippen LogP contribution in [-0.4, -0.2) is 12.2 Å². The van der Waals surface area contributed by atoms with Gasteiger partial charge >= 0.3 is 0 Å². The van der Waals surface area contributed by atoms with E-state index in [0.29, 0.717) is 16.7 Å². The van der Waals surface area contributed by atoms with Gasteiger partial charge in [0.2, 0.25) is 0 Å². The third kappa shape index (κ3) is 2.38. The van der Waals surface area contributed by atoms with Crippen LogP contribution in [0.3, 0.4) is 0 Å². The van der Waals surface area contributed by atoms with Crippen LogP contribution in [0.2, 0.25) is 0 Å². The van der Waals surface area contributed by atoms with Crippen LogP contribution < -0.4 is 4.74 Å². The van der Waals surface area contributed by atoms with Gasteiger partial charge in [-0.15, -0.1) is 0 Å². The molecule has 0 saturated heterocycles. The lowest BCUT2D eigenvalue weighted by atomic mass is 10.0. The summed E-state index contributed by atoms with van der Waals surface area (Å²) in [6.07, 6.45) is -1.01. The van der Waals surface area contributed by atoms with Gasteiger partial charge in [0.1, 0.15) is 17.6 Å². The highest BCUT2D eigenvalue weighted by atomic mass is 19.1. The Bertz CT molecular complexity index is 792. The van der Waals surface area contributed by atoms with Crippen LogP contribution >= 0.6 is 0 Å². The van der Waals surface area contributed by atoms with E-state index in [4.69, 9.17) is 9.15 Å². The molecule has 0 radical (unpaired) electrons. The van der Waals surface area contributed by atoms with Crippen LogP contribution in [0.5, 0.6) is 5.75 Å². The van der Waals surface area contributed by atoms with Gasteiger partial charge in [0.25, 0.3) is 0 Å². The molecule has 1 N–H and O–H groups in total. The Morgan fingerprint density at radius 1 is 1.19 bits per heavy atom. The van der Waals surface area contributed by atoms with Gasteiger partial charge in [0.15, 0.2) is 11.4 Å². The number of hydrogen-bond acceptors (Lipinski definition) is 3. The van der Waals surface area contributed by atoms with Crippen molar-refractivity contribution < 1.29 is 18.7 Å². The number of benzene rings is 2. The van der Waals surface area contributed by atoms with Crippen molar-refractivity contribution in [3.63, 3.8) is 0 Å². The number of aryl methyl sites for hydroxylation is 1. The fourth-order valence-electron chi connectivity index (χ4n) is 2.38. The van der Waals surface area contributed by atoms with E-state index in [-0.39, 0.29) is 11.3 Å². The summed E-state index contributed by atoms with van der Waals surface area (Å²) >= 11 is 0. The molecule has 3 nitrogen and oxygen atoms in total. The summed E-state index contributed by atoms with van der Waals surface area (Å²) in [5.41, 5.74) is 1.76. The molecule has 0 amide bonds. The Labute approximate surface area is 121 Å². The Morgan fingerprint density at radius 3 is 2.71 bits per heavy atom. The van der Waals surface area contributed by atoms with Gasteiger partial charge in [-0.25, -0.2) is 4.39 Å². The number of methoxy groups -OCH3 is 1. The summed E-state index contributed by atoms with van der Waals surface area (Å²) in [7, 11) is 1.54. The lowest BCUT2D eigenvalue weighted by Crippen LogP contribution is -2.01. The Balaban J connectivity index is 2.08. The third-order valence-electron chi connectivity index (χ3n) is 3.47. The van der Waals surface area contributed by atoms with Gasteiger partial charge in [-0.05, 0) is 30.7 Å². The van der Waals surface area contributed by atoms with Crippen molar-refractivity contribution in [1.29, 1.82) is 0 Å². The maximum Gasteiger partial charge on any atom is 0.170 e. The molecule has 0 aliphatic carbocycles. The first kappa shape index (κ1) is 13.6. The minimum atomic E-state index is -1.01. The lowest BCUT2D eigenvalue weighted by molar-refractivity contribution is 0.187. The molecule has 4 heteroatoms. The molecule has 21 heavy (non-hydrogen) atoms. The molecule has 0 fully saturated rings. The number of furan rings is 1. The Hall–Kier alpha value is -2.33. The molecule has 1 heterocycles. The smallest absolute Gasteiger partial charge is 0.170 e. The monoisotopic (exact) mass is 286 g/mol. The summed E-state index contributed by atoms with van der Waals surface area (Å²) < 4.78 is 24.4. The molecule has 1 unspecified atom stereocenters. The minimum absolute atomic E-state index is 0.151. The molecule has 3 rings (SSSR count). The first-order chi connectivity index (χ1) is 10.1. The Morgan fingerprint density at radius 2 is 2.00 bits per heavy atom. The topological polar surface area (TPSA) is 42.6 Å². The van der Waals surface area contributed by atoms with E-state index >= 15 is 0 Å². The van der Waals surface area contributed by atoms with Gasteiger partial charge < -0.3 is 14.3 Å². The zero-order valence-electron chi connectivity index (χ0n) is 11.8. The molecule has 1 aromatic heterocycles. The molecular weight excluding hydrogens is 271 g/mol. The predicted molar refractivity (Wildman–Crippen MR) is 78.0 cm³/mol. The average Bonchev–Trinajstić information content (AvgIpc) is 2.92. The third-order valence-corrected chi connectivity index (χ3v) is 3.47. The van der Waals surface area contributed by atoms with Crippen LogP contribution in [0.25, 0.3) is 11.0 Å². The van der Waals surface area contributed by atoms with Crippen LogP contribution in [0.4, 0.5) is 4.39 Å². The van der Waals surface area contributed by atoms with E-state index < -0.39 is 11.9 Å². The quantitative estimate of drug-likeness (QED) is 0.792. The number of aliphatic hydroxyl groups is 1. The normalized spacial score (nSPS) is 12.6. The van der Waals surface area contributed by atoms with Gasteiger partial charge in [-0.3, -0.25) is 0 Å². The highest BCUT2D eigenvalue weighted by molar-refractivity contribution is 5.78. The maximum atomic E-state index is 13.7. The SMILES string of the molecule is COc1cc(C)ccc1C(O)c1cc2cccc(F)c2o1.